The lowest BCUT2D eigenvalue weighted by molar-refractivity contribution is 0.109. The highest BCUT2D eigenvalue weighted by Crippen LogP contribution is 2.43. The summed E-state index contributed by atoms with van der Waals surface area (Å²) >= 11 is 18.5. The molecule has 2 aromatic carbocycles. The first-order valence-corrected chi connectivity index (χ1v) is 11.6. The minimum Gasteiger partial charge on any atom is -0.452 e. The van der Waals surface area contributed by atoms with Crippen LogP contribution in [0.5, 0.6) is 11.5 Å². The van der Waals surface area contributed by atoms with Gasteiger partial charge in [0.15, 0.2) is 23.2 Å². The molecular formula is C24H19Cl3FN3O2. The van der Waals surface area contributed by atoms with Crippen LogP contribution in [-0.2, 0) is 11.3 Å². The molecule has 1 aliphatic carbocycles. The Morgan fingerprint density at radius 3 is 2.73 bits per heavy atom. The van der Waals surface area contributed by atoms with Gasteiger partial charge in [-0.3, -0.25) is 0 Å². The van der Waals surface area contributed by atoms with Crippen LogP contribution in [0.1, 0.15) is 35.4 Å². The molecule has 5 rings (SSSR count). The van der Waals surface area contributed by atoms with E-state index in [-0.39, 0.29) is 28.7 Å². The van der Waals surface area contributed by atoms with Crippen LogP contribution in [0.25, 0.3) is 0 Å². The Morgan fingerprint density at radius 2 is 1.94 bits per heavy atom. The number of ether oxygens (including phenoxy) is 1. The Labute approximate surface area is 205 Å². The van der Waals surface area contributed by atoms with E-state index >= 15 is 4.39 Å². The van der Waals surface area contributed by atoms with Crippen LogP contribution < -0.4 is 10.1 Å². The molecule has 170 valence electrons. The van der Waals surface area contributed by atoms with E-state index in [0.29, 0.717) is 45.8 Å². The summed E-state index contributed by atoms with van der Waals surface area (Å²) < 4.78 is 21.0. The average molecular weight is 507 g/mol. The summed E-state index contributed by atoms with van der Waals surface area (Å²) in [6, 6.07) is 12.0. The van der Waals surface area contributed by atoms with Gasteiger partial charge in [-0.2, -0.15) is 0 Å². The number of nitrogens with one attached hydrogen (secondary N) is 1. The highest BCUT2D eigenvalue weighted by Gasteiger charge is 2.29. The Morgan fingerprint density at radius 1 is 1.09 bits per heavy atom. The molecule has 1 aliphatic heterocycles. The molecule has 0 bridgehead atoms. The number of nitrogens with zero attached hydrogens (tertiary/aromatic N) is 2. The van der Waals surface area contributed by atoms with E-state index in [4.69, 9.17) is 44.4 Å². The van der Waals surface area contributed by atoms with E-state index in [1.54, 1.807) is 36.4 Å². The van der Waals surface area contributed by atoms with Gasteiger partial charge in [0.05, 0.1) is 17.8 Å². The number of halogens is 4. The maximum Gasteiger partial charge on any atom is 0.177 e. The van der Waals surface area contributed by atoms with Crippen LogP contribution in [0, 0.1) is 5.82 Å². The third-order valence-corrected chi connectivity index (χ3v) is 6.37. The first kappa shape index (κ1) is 22.3. The Bertz CT molecular complexity index is 1230. The van der Waals surface area contributed by atoms with Gasteiger partial charge in [0.2, 0.25) is 0 Å². The first-order chi connectivity index (χ1) is 16.0. The number of oxime groups is 1. The molecule has 3 aromatic rings. The highest BCUT2D eigenvalue weighted by molar-refractivity contribution is 6.35. The molecule has 1 atom stereocenters. The van der Waals surface area contributed by atoms with Crippen molar-refractivity contribution >= 4 is 40.6 Å². The Balaban J connectivity index is 1.39. The van der Waals surface area contributed by atoms with Crippen molar-refractivity contribution in [3.63, 3.8) is 0 Å². The summed E-state index contributed by atoms with van der Waals surface area (Å²) in [5.74, 6) is 0.757. The van der Waals surface area contributed by atoms with Gasteiger partial charge in [0.1, 0.15) is 11.8 Å². The van der Waals surface area contributed by atoms with E-state index in [0.717, 1.165) is 18.4 Å². The Kier molecular flexibility index (Phi) is 6.32. The number of rotatable bonds is 6. The van der Waals surface area contributed by atoms with Gasteiger partial charge >= 0.3 is 0 Å². The van der Waals surface area contributed by atoms with Crippen molar-refractivity contribution in [1.29, 1.82) is 0 Å². The molecule has 0 amide bonds. The summed E-state index contributed by atoms with van der Waals surface area (Å²) in [7, 11) is 0. The molecule has 2 aliphatic rings. The zero-order chi connectivity index (χ0) is 22.9. The molecule has 1 saturated carbocycles. The van der Waals surface area contributed by atoms with E-state index in [1.165, 1.54) is 6.20 Å². The lowest BCUT2D eigenvalue weighted by Crippen LogP contribution is -2.43. The normalized spacial score (nSPS) is 17.7. The van der Waals surface area contributed by atoms with E-state index in [2.05, 4.69) is 15.5 Å². The second-order valence-corrected chi connectivity index (χ2v) is 9.29. The van der Waals surface area contributed by atoms with Crippen molar-refractivity contribution in [3.8, 4) is 11.5 Å². The molecule has 2 heterocycles. The first-order valence-electron chi connectivity index (χ1n) is 10.5. The molecule has 0 radical (unpaired) electrons. The fraction of sp³-hybridized carbons (Fsp3) is 0.250. The summed E-state index contributed by atoms with van der Waals surface area (Å²) in [4.78, 5) is 9.58. The number of benzene rings is 2. The summed E-state index contributed by atoms with van der Waals surface area (Å²) in [6.45, 7) is 0.343. The molecule has 33 heavy (non-hydrogen) atoms. The van der Waals surface area contributed by atoms with Crippen LogP contribution in [0.2, 0.25) is 15.2 Å². The van der Waals surface area contributed by atoms with Gasteiger partial charge in [-0.05, 0) is 60.6 Å². The molecule has 1 unspecified atom stereocenters. The van der Waals surface area contributed by atoms with Gasteiger partial charge < -0.3 is 14.9 Å². The van der Waals surface area contributed by atoms with Gasteiger partial charge in [0, 0.05) is 10.0 Å². The average Bonchev–Trinajstić information content (AvgIpc) is 3.64. The molecule has 9 heteroatoms. The summed E-state index contributed by atoms with van der Waals surface area (Å²) in [6.07, 6.45) is 4.02. The largest absolute Gasteiger partial charge is 0.452 e. The number of aromatic nitrogens is 1. The molecule has 0 spiro atoms. The van der Waals surface area contributed by atoms with Crippen LogP contribution in [0.15, 0.2) is 53.8 Å². The van der Waals surface area contributed by atoms with Crippen molar-refractivity contribution in [2.24, 2.45) is 5.16 Å². The number of pyridine rings is 1. The predicted molar refractivity (Wildman–Crippen MR) is 127 cm³/mol. The molecule has 1 aromatic heterocycles. The number of hydrogen-bond acceptors (Lipinski definition) is 5. The molecular weight excluding hydrogens is 488 g/mol. The van der Waals surface area contributed by atoms with Gasteiger partial charge in [0.25, 0.3) is 0 Å². The van der Waals surface area contributed by atoms with Crippen molar-refractivity contribution in [3.05, 3.63) is 86.4 Å². The fourth-order valence-corrected chi connectivity index (χ4v) is 4.40. The van der Waals surface area contributed by atoms with Gasteiger partial charge in [-0.25, -0.2) is 9.37 Å². The van der Waals surface area contributed by atoms with Crippen LogP contribution >= 0.6 is 34.8 Å². The molecule has 5 nitrogen and oxygen atoms in total. The second-order valence-electron chi connectivity index (χ2n) is 8.06. The van der Waals surface area contributed by atoms with E-state index in [1.807, 2.05) is 6.07 Å². The van der Waals surface area contributed by atoms with Crippen LogP contribution in [-0.4, -0.2) is 23.5 Å². The molecule has 1 N–H and O–H groups in total. The third kappa shape index (κ3) is 5.03. The number of hydrogen-bond donors (Lipinski definition) is 1. The van der Waals surface area contributed by atoms with Crippen LogP contribution in [0.4, 0.5) is 4.39 Å². The second kappa shape index (κ2) is 9.37. The molecule has 1 fully saturated rings. The van der Waals surface area contributed by atoms with Crippen LogP contribution in [0.3, 0.4) is 0 Å². The SMILES string of the molecule is Fc1c(Oc2cnc(Cl)cc2C2=NOCC(Cc3ccc(Cl)cc3Cl)N2)cccc1C1CC1. The van der Waals surface area contributed by atoms with Crippen molar-refractivity contribution in [2.45, 2.75) is 31.2 Å². The maximum atomic E-state index is 15.0. The van der Waals surface area contributed by atoms with E-state index < -0.39 is 0 Å². The standard InChI is InChI=1S/C24H19Cl3FN3O2/c25-15-7-6-14(19(26)9-15)8-16-12-32-31-24(30-16)18-10-22(27)29-11-21(18)33-20-3-1-2-17(23(20)28)13-4-5-13/h1-3,6-7,9-11,13,16H,4-5,8,12H2,(H,30,31). The van der Waals surface area contributed by atoms with Gasteiger partial charge in [-0.1, -0.05) is 58.2 Å². The Hall–Kier alpha value is -2.54. The smallest absolute Gasteiger partial charge is 0.177 e. The minimum absolute atomic E-state index is 0.120. The maximum absolute atomic E-state index is 15.0. The highest BCUT2D eigenvalue weighted by atomic mass is 35.5. The predicted octanol–water partition coefficient (Wildman–Crippen LogP) is 6.74. The van der Waals surface area contributed by atoms with Crippen molar-refractivity contribution in [2.75, 3.05) is 6.61 Å². The topological polar surface area (TPSA) is 55.7 Å². The zero-order valence-corrected chi connectivity index (χ0v) is 19.6. The fourth-order valence-electron chi connectivity index (χ4n) is 3.76. The van der Waals surface area contributed by atoms with E-state index in [9.17, 15) is 0 Å². The lowest BCUT2D eigenvalue weighted by Gasteiger charge is -2.25. The zero-order valence-electron chi connectivity index (χ0n) is 17.3. The monoisotopic (exact) mass is 505 g/mol. The molecule has 0 saturated heterocycles. The number of amidine groups is 1. The van der Waals surface area contributed by atoms with Crippen molar-refractivity contribution < 1.29 is 14.0 Å². The lowest BCUT2D eigenvalue weighted by atomic mass is 10.1. The summed E-state index contributed by atoms with van der Waals surface area (Å²) in [5.41, 5.74) is 2.11. The van der Waals surface area contributed by atoms with Crippen molar-refractivity contribution in [1.82, 2.24) is 10.3 Å². The minimum atomic E-state index is -0.356. The quantitative estimate of drug-likeness (QED) is 0.376. The van der Waals surface area contributed by atoms with Gasteiger partial charge in [-0.15, -0.1) is 0 Å². The third-order valence-electron chi connectivity index (χ3n) is 5.57. The summed E-state index contributed by atoms with van der Waals surface area (Å²) in [5, 5.41) is 8.88.